The van der Waals surface area contributed by atoms with Gasteiger partial charge in [-0.2, -0.15) is 0 Å². The van der Waals surface area contributed by atoms with Crippen LogP contribution in [0.1, 0.15) is 12.8 Å². The molecule has 23 heavy (non-hydrogen) atoms. The van der Waals surface area contributed by atoms with Gasteiger partial charge in [-0.25, -0.2) is 25.9 Å². The molecule has 1 fully saturated rings. The second-order valence-corrected chi connectivity index (χ2v) is 8.78. The lowest BCUT2D eigenvalue weighted by molar-refractivity contribution is 0.518. The SMILES string of the molecule is CS(=O)(=O)Nc1ccc(S(=O)(=O)NC(CN)C2CC2)cc1F.Cl. The van der Waals surface area contributed by atoms with Crippen molar-refractivity contribution in [3.63, 3.8) is 0 Å². The van der Waals surface area contributed by atoms with E-state index in [1.54, 1.807) is 0 Å². The normalized spacial score (nSPS) is 16.5. The molecule has 0 amide bonds. The quantitative estimate of drug-likeness (QED) is 0.634. The molecule has 0 heterocycles. The second kappa shape index (κ2) is 7.31. The van der Waals surface area contributed by atoms with E-state index in [9.17, 15) is 21.2 Å². The highest BCUT2D eigenvalue weighted by atomic mass is 35.5. The van der Waals surface area contributed by atoms with Crippen molar-refractivity contribution in [3.8, 4) is 0 Å². The topological polar surface area (TPSA) is 118 Å². The molecule has 0 aromatic heterocycles. The van der Waals surface area contributed by atoms with E-state index in [2.05, 4.69) is 4.72 Å². The van der Waals surface area contributed by atoms with Crippen LogP contribution in [0.5, 0.6) is 0 Å². The van der Waals surface area contributed by atoms with E-state index in [1.165, 1.54) is 0 Å². The molecule has 1 aromatic rings. The van der Waals surface area contributed by atoms with Gasteiger partial charge in [0.05, 0.1) is 16.8 Å². The maximum atomic E-state index is 13.9. The van der Waals surface area contributed by atoms with Gasteiger partial charge in [0, 0.05) is 12.6 Å². The van der Waals surface area contributed by atoms with Crippen molar-refractivity contribution in [2.24, 2.45) is 11.7 Å². The molecule has 0 radical (unpaired) electrons. The first kappa shape index (κ1) is 20.1. The minimum absolute atomic E-state index is 0. The molecule has 0 saturated heterocycles. The Hall–Kier alpha value is -0.940. The van der Waals surface area contributed by atoms with Gasteiger partial charge in [0.15, 0.2) is 0 Å². The number of nitrogens with one attached hydrogen (secondary N) is 2. The predicted octanol–water partition coefficient (Wildman–Crippen LogP) is 0.635. The van der Waals surface area contributed by atoms with Gasteiger partial charge >= 0.3 is 0 Å². The Morgan fingerprint density at radius 3 is 2.35 bits per heavy atom. The number of hydrogen-bond donors (Lipinski definition) is 3. The molecular formula is C12H19ClFN3O4S2. The highest BCUT2D eigenvalue weighted by Gasteiger charge is 2.33. The third-order valence-electron chi connectivity index (χ3n) is 3.30. The summed E-state index contributed by atoms with van der Waals surface area (Å²) < 4.78 is 64.9. The highest BCUT2D eigenvalue weighted by molar-refractivity contribution is 7.92. The Balaban J connectivity index is 0.00000264. The van der Waals surface area contributed by atoms with E-state index in [-0.39, 0.29) is 41.5 Å². The van der Waals surface area contributed by atoms with Crippen LogP contribution in [-0.2, 0) is 20.0 Å². The van der Waals surface area contributed by atoms with Gasteiger partial charge in [0.25, 0.3) is 0 Å². The van der Waals surface area contributed by atoms with Gasteiger partial charge in [-0.3, -0.25) is 4.72 Å². The maximum absolute atomic E-state index is 13.9. The molecule has 132 valence electrons. The molecule has 1 atom stereocenters. The van der Waals surface area contributed by atoms with Crippen molar-refractivity contribution >= 4 is 38.1 Å². The summed E-state index contributed by atoms with van der Waals surface area (Å²) in [4.78, 5) is -0.275. The Morgan fingerprint density at radius 1 is 1.30 bits per heavy atom. The first-order valence-electron chi connectivity index (χ1n) is 6.62. The lowest BCUT2D eigenvalue weighted by Crippen LogP contribution is -2.41. The fraction of sp³-hybridized carbons (Fsp3) is 0.500. The summed E-state index contributed by atoms with van der Waals surface area (Å²) in [5.74, 6) is -0.750. The molecule has 1 aliphatic carbocycles. The van der Waals surface area contributed by atoms with Crippen LogP contribution in [0.2, 0.25) is 0 Å². The van der Waals surface area contributed by atoms with Crippen molar-refractivity contribution < 1.29 is 21.2 Å². The van der Waals surface area contributed by atoms with E-state index in [0.717, 1.165) is 37.3 Å². The Morgan fingerprint density at radius 2 is 1.91 bits per heavy atom. The van der Waals surface area contributed by atoms with Gasteiger partial charge in [0.2, 0.25) is 20.0 Å². The van der Waals surface area contributed by atoms with Crippen molar-refractivity contribution in [1.82, 2.24) is 4.72 Å². The summed E-state index contributed by atoms with van der Waals surface area (Å²) in [6.45, 7) is 0.167. The van der Waals surface area contributed by atoms with E-state index in [1.807, 2.05) is 4.72 Å². The van der Waals surface area contributed by atoms with E-state index < -0.39 is 25.9 Å². The molecule has 0 aliphatic heterocycles. The van der Waals surface area contributed by atoms with Crippen molar-refractivity contribution in [2.45, 2.75) is 23.8 Å². The Labute approximate surface area is 141 Å². The lowest BCUT2D eigenvalue weighted by atomic mass is 10.2. The zero-order chi connectivity index (χ0) is 16.5. The molecule has 0 bridgehead atoms. The van der Waals surface area contributed by atoms with Crippen LogP contribution in [-0.4, -0.2) is 35.7 Å². The number of anilines is 1. The first-order valence-corrected chi connectivity index (χ1v) is 9.99. The Bertz CT molecular complexity index is 767. The van der Waals surface area contributed by atoms with Crippen molar-refractivity contribution in [3.05, 3.63) is 24.0 Å². The van der Waals surface area contributed by atoms with E-state index in [4.69, 9.17) is 5.73 Å². The summed E-state index contributed by atoms with van der Waals surface area (Å²) in [5, 5.41) is 0. The monoisotopic (exact) mass is 387 g/mol. The summed E-state index contributed by atoms with van der Waals surface area (Å²) in [6.07, 6.45) is 2.70. The average Bonchev–Trinajstić information content (AvgIpc) is 3.21. The molecule has 0 spiro atoms. The number of rotatable bonds is 7. The average molecular weight is 388 g/mol. The third kappa shape index (κ3) is 5.57. The van der Waals surface area contributed by atoms with Gasteiger partial charge in [-0.05, 0) is 37.0 Å². The molecular weight excluding hydrogens is 369 g/mol. The fourth-order valence-electron chi connectivity index (χ4n) is 2.05. The number of halogens is 2. The zero-order valence-corrected chi connectivity index (χ0v) is 14.8. The van der Waals surface area contributed by atoms with E-state index in [0.29, 0.717) is 0 Å². The molecule has 11 heteroatoms. The number of nitrogens with two attached hydrogens (primary N) is 1. The molecule has 1 saturated carbocycles. The lowest BCUT2D eigenvalue weighted by Gasteiger charge is -2.16. The van der Waals surface area contributed by atoms with Gasteiger partial charge < -0.3 is 5.73 Å². The standard InChI is InChI=1S/C12H18FN3O4S2.ClH/c1-21(17,18)15-11-5-4-9(6-10(11)13)22(19,20)16-12(7-14)8-2-3-8;/h4-6,8,12,15-16H,2-3,7,14H2,1H3;1H. The molecule has 1 aromatic carbocycles. The van der Waals surface area contributed by atoms with Crippen LogP contribution in [0, 0.1) is 11.7 Å². The number of sulfonamides is 2. The van der Waals surface area contributed by atoms with Crippen LogP contribution < -0.4 is 15.2 Å². The first-order chi connectivity index (χ1) is 10.1. The van der Waals surface area contributed by atoms with Gasteiger partial charge in [-0.1, -0.05) is 0 Å². The number of benzene rings is 1. The smallest absolute Gasteiger partial charge is 0.240 e. The summed E-state index contributed by atoms with van der Waals surface area (Å²) in [7, 11) is -7.55. The molecule has 1 unspecified atom stereocenters. The summed E-state index contributed by atoms with van der Waals surface area (Å²) in [5.41, 5.74) is 5.24. The summed E-state index contributed by atoms with van der Waals surface area (Å²) in [6, 6.07) is 2.61. The second-order valence-electron chi connectivity index (χ2n) is 5.32. The van der Waals surface area contributed by atoms with Gasteiger partial charge in [-0.15, -0.1) is 12.4 Å². The van der Waals surface area contributed by atoms with Crippen molar-refractivity contribution in [1.29, 1.82) is 0 Å². The zero-order valence-electron chi connectivity index (χ0n) is 12.3. The van der Waals surface area contributed by atoms with Crippen LogP contribution in [0.4, 0.5) is 10.1 Å². The Kier molecular flexibility index (Phi) is 6.39. The minimum atomic E-state index is -3.91. The predicted molar refractivity (Wildman–Crippen MR) is 88.0 cm³/mol. The van der Waals surface area contributed by atoms with Crippen LogP contribution in [0.3, 0.4) is 0 Å². The molecule has 1 aliphatic rings. The molecule has 2 rings (SSSR count). The van der Waals surface area contributed by atoms with Gasteiger partial charge in [0.1, 0.15) is 5.82 Å². The largest absolute Gasteiger partial charge is 0.329 e. The summed E-state index contributed by atoms with van der Waals surface area (Å²) >= 11 is 0. The van der Waals surface area contributed by atoms with Crippen LogP contribution in [0.15, 0.2) is 23.1 Å². The fourth-order valence-corrected chi connectivity index (χ4v) is 3.94. The highest BCUT2D eigenvalue weighted by Crippen LogP contribution is 2.33. The van der Waals surface area contributed by atoms with Crippen LogP contribution in [0.25, 0.3) is 0 Å². The molecule has 4 N–H and O–H groups in total. The van der Waals surface area contributed by atoms with Crippen LogP contribution >= 0.6 is 12.4 Å². The van der Waals surface area contributed by atoms with Crippen molar-refractivity contribution in [2.75, 3.05) is 17.5 Å². The number of hydrogen-bond acceptors (Lipinski definition) is 5. The maximum Gasteiger partial charge on any atom is 0.240 e. The minimum Gasteiger partial charge on any atom is -0.329 e. The third-order valence-corrected chi connectivity index (χ3v) is 5.38. The molecule has 7 nitrogen and oxygen atoms in total. The van der Waals surface area contributed by atoms with E-state index >= 15 is 0 Å².